The first-order valence-corrected chi connectivity index (χ1v) is 53.7. The fourth-order valence-electron chi connectivity index (χ4n) is 23.3. The number of benzene rings is 4. The number of aliphatic hydroxyl groups is 3. The number of likely N-dealkylation sites (tertiary alicyclic amines) is 3. The first kappa shape index (κ1) is 115. The number of hydrogen-bond donors (Lipinski definition) is 11. The summed E-state index contributed by atoms with van der Waals surface area (Å²) in [6.07, 6.45) is 40.0. The van der Waals surface area contributed by atoms with Crippen molar-refractivity contribution in [3.63, 3.8) is 0 Å². The Labute approximate surface area is 826 Å². The van der Waals surface area contributed by atoms with Crippen LogP contribution in [0, 0.1) is 52.3 Å². The van der Waals surface area contributed by atoms with Crippen LogP contribution in [0.2, 0.25) is 5.02 Å². The average molecular weight is 1920 g/mol. The van der Waals surface area contributed by atoms with Gasteiger partial charge in [-0.3, -0.25) is 4.79 Å². The zero-order chi connectivity index (χ0) is 97.9. The van der Waals surface area contributed by atoms with E-state index in [1.807, 2.05) is 134 Å². The highest BCUT2D eigenvalue weighted by molar-refractivity contribution is 6.30. The molecular weight excluding hydrogens is 1730 g/mol. The molecule has 24 nitrogen and oxygen atoms in total. The molecule has 4 aliphatic carbocycles. The van der Waals surface area contributed by atoms with Crippen molar-refractivity contribution < 1.29 is 62.9 Å². The molecule has 7 aliphatic rings. The molecule has 7 fully saturated rings. The van der Waals surface area contributed by atoms with E-state index in [1.165, 1.54) is 102 Å². The number of hydrogen-bond acceptors (Lipinski definition) is 17. The van der Waals surface area contributed by atoms with Crippen LogP contribution in [0.4, 0.5) is 14.4 Å². The van der Waals surface area contributed by atoms with Gasteiger partial charge in [0.1, 0.15) is 0 Å². The standard InChI is InChI=1S/C29H48N2O3.2C28H47N3O3.C26H44ClN3O4/c1-3-33-18-11-19-34-27(24-14-8-5-9-15-24)29(2)17-10-16-25(21-29)28(32)31-26(22-30)20-23-12-6-4-7-13-23;1-29-21-26(20-23-12-5-3-6-13-23)30-27(32)31-18-11-16-25(22-31)28(33,17-9-10-19-34-2)24-14-7-4-8-15-24;1-3-34-19-11-17-28(33,24-14-8-5-9-15-24)25-16-10-18-31(22-25)27(32)30-26(21-29-2)20-23-12-6-4-7-13-23;1-25(2,19-34-4)16-23(28)17-29-24(31)30-13-8-10-21(18-30)26(32,12-5-6-14-33-3)20-9-7-11-22(27)15-20/h5,8-9,14-15,23,25-27H,3-4,6-7,10-13,16-22,30H2,1-2H3,(H,31,32);4,7-8,14-15,23,25-26,29,33H,3,5-6,9-13,16-22H2,1-2H3,(H,30,32);5,8-9,14-15,23,25-26,29,33H,3-4,6-7,10-13,16-22H2,1-2H3,(H,30,32);7,9,11,15,21,23,32H,5-6,8,10,12-14,16-19,28H2,1-4H3,(H,29,31)/t25?,26-,27-,29+;2*25-,26+,28-;21-,23+,26-/m0111/s1. The summed E-state index contributed by atoms with van der Waals surface area (Å²) in [7, 11) is 9.01. The van der Waals surface area contributed by atoms with Crippen molar-refractivity contribution in [2.45, 2.75) is 326 Å². The SMILES string of the molecule is CCOCCCO[C@@H](c1ccccc1)[C@]1(C)CCCC(C(=O)N[C@H](CN)CC2CCCCC2)C1.CCOCCC[C@@](O)(c1ccccc1)[C@@H]1CCCN(C(=O)N[C@H](CNC)CC2CCCCC2)C1.CNC[C@H](CC1CCCCC1)NC(=O)N1CCC[C@@H]([C@@](O)(CCCCOC)c2ccccc2)C1.COCCCC[C@@](O)(c1cccc(Cl)c1)[C@@H]1CCCN(C(=O)NC[C@@H](N)CC(C)(C)COC)C1. The van der Waals surface area contributed by atoms with E-state index in [0.717, 1.165) is 196 Å². The normalized spacial score (nSPS) is 22.4. The number of nitrogens with two attached hydrogens (primary N) is 2. The number of piperidine rings is 3. The van der Waals surface area contributed by atoms with E-state index in [-0.39, 0.29) is 88.8 Å². The second kappa shape index (κ2) is 63.1. The predicted octanol–water partition coefficient (Wildman–Crippen LogP) is 19.3. The number of carbonyl (C=O) groups excluding carboxylic acids is 4. The van der Waals surface area contributed by atoms with E-state index >= 15 is 0 Å². The van der Waals surface area contributed by atoms with Crippen LogP contribution in [0.3, 0.4) is 0 Å². The molecule has 11 rings (SSSR count). The van der Waals surface area contributed by atoms with Crippen molar-refractivity contribution in [2.75, 3.05) is 154 Å². The molecule has 1 unspecified atom stereocenters. The second-order valence-corrected chi connectivity index (χ2v) is 42.5. The average Bonchev–Trinajstić information content (AvgIpc) is 0.796. The predicted molar refractivity (Wildman–Crippen MR) is 551 cm³/mol. The Kier molecular flexibility index (Phi) is 53.4. The van der Waals surface area contributed by atoms with E-state index < -0.39 is 16.8 Å². The molecule has 3 aliphatic heterocycles. The van der Waals surface area contributed by atoms with Gasteiger partial charge < -0.3 is 102 Å². The summed E-state index contributed by atoms with van der Waals surface area (Å²) in [5, 5.41) is 56.0. The van der Waals surface area contributed by atoms with Crippen LogP contribution >= 0.6 is 11.6 Å². The number of amides is 7. The topological polar surface area (TPSA) is 318 Å². The summed E-state index contributed by atoms with van der Waals surface area (Å²) in [6.45, 7) is 22.4. The molecular formula is C111H186ClN11O13. The fourth-order valence-corrected chi connectivity index (χ4v) is 23.5. The number of ether oxygens (including phenoxy) is 6. The van der Waals surface area contributed by atoms with Gasteiger partial charge in [-0.1, -0.05) is 238 Å². The molecule has 7 amide bonds. The molecule has 3 heterocycles. The van der Waals surface area contributed by atoms with Crippen molar-refractivity contribution in [2.24, 2.45) is 63.7 Å². The van der Waals surface area contributed by atoms with Gasteiger partial charge in [-0.25, -0.2) is 14.4 Å². The third-order valence-electron chi connectivity index (χ3n) is 30.5. The van der Waals surface area contributed by atoms with Crippen LogP contribution in [-0.4, -0.2) is 232 Å². The summed E-state index contributed by atoms with van der Waals surface area (Å²) in [6, 6.07) is 38.2. The van der Waals surface area contributed by atoms with Crippen molar-refractivity contribution in [1.82, 2.24) is 46.6 Å². The highest BCUT2D eigenvalue weighted by Gasteiger charge is 2.47. The third-order valence-corrected chi connectivity index (χ3v) is 30.7. The quantitative estimate of drug-likeness (QED) is 0.0183. The Hall–Kier alpha value is -6.07. The maximum atomic E-state index is 13.4. The minimum absolute atomic E-state index is 0.0112. The van der Waals surface area contributed by atoms with Gasteiger partial charge >= 0.3 is 18.1 Å². The summed E-state index contributed by atoms with van der Waals surface area (Å²) >= 11 is 6.26. The molecule has 4 saturated carbocycles. The molecule has 13 N–H and O–H groups in total. The van der Waals surface area contributed by atoms with Crippen LogP contribution in [0.1, 0.15) is 307 Å². The van der Waals surface area contributed by atoms with E-state index in [0.29, 0.717) is 109 Å². The minimum Gasteiger partial charge on any atom is -0.385 e. The number of rotatable bonds is 50. The summed E-state index contributed by atoms with van der Waals surface area (Å²) in [5.41, 5.74) is 13.2. The van der Waals surface area contributed by atoms with Gasteiger partial charge in [-0.2, -0.15) is 0 Å². The Morgan fingerprint density at radius 2 is 0.919 bits per heavy atom. The Morgan fingerprint density at radius 1 is 0.485 bits per heavy atom. The third kappa shape index (κ3) is 39.0. The maximum absolute atomic E-state index is 13.4. The van der Waals surface area contributed by atoms with Crippen LogP contribution < -0.4 is 43.4 Å². The number of nitrogens with zero attached hydrogens (tertiary/aromatic N) is 3. The molecule has 0 aromatic heterocycles. The van der Waals surface area contributed by atoms with Crippen molar-refractivity contribution in [1.29, 1.82) is 0 Å². The zero-order valence-electron chi connectivity index (χ0n) is 85.8. The van der Waals surface area contributed by atoms with Crippen LogP contribution in [0.15, 0.2) is 115 Å². The molecule has 770 valence electrons. The number of unbranched alkanes of at least 4 members (excludes halogenated alkanes) is 2. The lowest BCUT2D eigenvalue weighted by atomic mass is 9.66. The highest BCUT2D eigenvalue weighted by atomic mass is 35.5. The molecule has 13 atom stereocenters. The maximum Gasteiger partial charge on any atom is 0.317 e. The monoisotopic (exact) mass is 1920 g/mol. The molecule has 4 aromatic rings. The minimum atomic E-state index is -1.06. The molecule has 0 bridgehead atoms. The van der Waals surface area contributed by atoms with Crippen LogP contribution in [-0.2, 0) is 50.0 Å². The lowest BCUT2D eigenvalue weighted by molar-refractivity contribution is -0.131. The highest BCUT2D eigenvalue weighted by Crippen LogP contribution is 2.51. The zero-order valence-corrected chi connectivity index (χ0v) is 86.6. The lowest BCUT2D eigenvalue weighted by Gasteiger charge is -2.43. The van der Waals surface area contributed by atoms with Gasteiger partial charge in [-0.05, 0) is 232 Å². The van der Waals surface area contributed by atoms with Gasteiger partial charge in [0.15, 0.2) is 0 Å². The molecule has 4 aromatic carbocycles. The molecule has 25 heteroatoms. The van der Waals surface area contributed by atoms with Gasteiger partial charge in [0.05, 0.1) is 29.5 Å². The molecule has 0 radical (unpaired) electrons. The molecule has 0 spiro atoms. The van der Waals surface area contributed by atoms with Crippen molar-refractivity contribution >= 4 is 35.6 Å². The summed E-state index contributed by atoms with van der Waals surface area (Å²) in [4.78, 5) is 58.7. The van der Waals surface area contributed by atoms with E-state index in [9.17, 15) is 34.5 Å². The first-order valence-electron chi connectivity index (χ1n) is 53.3. The Morgan fingerprint density at radius 3 is 1.36 bits per heavy atom. The van der Waals surface area contributed by atoms with Gasteiger partial charge in [0.25, 0.3) is 0 Å². The number of likely N-dealkylation sites (N-methyl/N-ethyl adjacent to an activating group) is 2. The number of methoxy groups -OCH3 is 3. The smallest absolute Gasteiger partial charge is 0.317 e. The van der Waals surface area contributed by atoms with Crippen LogP contribution in [0.5, 0.6) is 0 Å². The Balaban J connectivity index is 0.000000223. The van der Waals surface area contributed by atoms with Crippen molar-refractivity contribution in [3.8, 4) is 0 Å². The van der Waals surface area contributed by atoms with Gasteiger partial charge in [0.2, 0.25) is 5.91 Å². The number of nitrogens with one attached hydrogen (secondary N) is 6. The van der Waals surface area contributed by atoms with Gasteiger partial charge in [0, 0.05) is 186 Å². The number of urea groups is 3. The number of halogens is 1. The number of carbonyl (C=O) groups is 4. The fraction of sp³-hybridized carbons (Fsp3) is 0.748. The van der Waals surface area contributed by atoms with Gasteiger partial charge in [-0.15, -0.1) is 0 Å². The van der Waals surface area contributed by atoms with E-state index in [2.05, 4.69) is 76.9 Å². The van der Waals surface area contributed by atoms with E-state index in [4.69, 9.17) is 51.5 Å². The Bertz CT molecular complexity index is 3750. The van der Waals surface area contributed by atoms with Crippen LogP contribution in [0.25, 0.3) is 0 Å². The summed E-state index contributed by atoms with van der Waals surface area (Å²) < 4.78 is 33.2. The largest absolute Gasteiger partial charge is 0.385 e. The summed E-state index contributed by atoms with van der Waals surface area (Å²) in [5.74, 6) is 2.33. The lowest BCUT2D eigenvalue weighted by Crippen LogP contribution is -2.54. The molecule has 136 heavy (non-hydrogen) atoms. The van der Waals surface area contributed by atoms with Crippen molar-refractivity contribution in [3.05, 3.63) is 143 Å². The van der Waals surface area contributed by atoms with E-state index in [1.54, 1.807) is 21.3 Å². The first-order chi connectivity index (χ1) is 65.8. The molecule has 3 saturated heterocycles. The second-order valence-electron chi connectivity index (χ2n) is 42.0.